The van der Waals surface area contributed by atoms with Crippen LogP contribution in [-0.4, -0.2) is 11.9 Å². The van der Waals surface area contributed by atoms with E-state index < -0.39 is 0 Å². The van der Waals surface area contributed by atoms with Gasteiger partial charge >= 0.3 is 0 Å². The number of nitrogens with two attached hydrogens (primary N) is 1. The topological polar surface area (TPSA) is 55.1 Å². The Balaban J connectivity index is 2.25. The molecule has 3 N–H and O–H groups in total. The van der Waals surface area contributed by atoms with E-state index in [0.717, 1.165) is 24.0 Å². The van der Waals surface area contributed by atoms with Crippen molar-refractivity contribution in [2.24, 2.45) is 5.73 Å². The molecule has 1 aromatic carbocycles. The van der Waals surface area contributed by atoms with Crippen molar-refractivity contribution in [3.05, 3.63) is 35.4 Å². The van der Waals surface area contributed by atoms with Gasteiger partial charge in [0.25, 0.3) is 0 Å². The Morgan fingerprint density at radius 3 is 2.44 bits per heavy atom. The highest BCUT2D eigenvalue weighted by Gasteiger charge is 2.42. The monoisotopic (exact) mass is 246 g/mol. The lowest BCUT2D eigenvalue weighted by Gasteiger charge is -2.20. The number of nitrogens with one attached hydrogen (secondary N) is 1. The minimum absolute atomic E-state index is 0.0710. The summed E-state index contributed by atoms with van der Waals surface area (Å²) >= 11 is 0. The Morgan fingerprint density at radius 2 is 1.89 bits per heavy atom. The molecule has 1 aromatic rings. The van der Waals surface area contributed by atoms with Crippen LogP contribution in [0.2, 0.25) is 0 Å². The van der Waals surface area contributed by atoms with Crippen molar-refractivity contribution in [1.82, 2.24) is 5.32 Å². The second-order valence-electron chi connectivity index (χ2n) is 5.63. The molecular formula is C15H22N2O. The van der Waals surface area contributed by atoms with Gasteiger partial charge in [-0.15, -0.1) is 0 Å². The zero-order chi connectivity index (χ0) is 13.3. The second kappa shape index (κ2) is 4.73. The lowest BCUT2D eigenvalue weighted by Crippen LogP contribution is -2.34. The van der Waals surface area contributed by atoms with E-state index >= 15 is 0 Å². The summed E-state index contributed by atoms with van der Waals surface area (Å²) in [6, 6.07) is 8.22. The van der Waals surface area contributed by atoms with Gasteiger partial charge in [-0.1, -0.05) is 24.3 Å². The molecule has 0 saturated heterocycles. The molecule has 1 saturated carbocycles. The van der Waals surface area contributed by atoms with E-state index in [-0.39, 0.29) is 23.4 Å². The molecule has 0 bridgehead atoms. The number of hydrogen-bond donors (Lipinski definition) is 2. The van der Waals surface area contributed by atoms with Crippen molar-refractivity contribution in [3.8, 4) is 0 Å². The Bertz CT molecular complexity index is 450. The lowest BCUT2D eigenvalue weighted by atomic mass is 9.90. The molecule has 0 heterocycles. The normalized spacial score (nSPS) is 18.5. The van der Waals surface area contributed by atoms with Gasteiger partial charge in [0.1, 0.15) is 0 Å². The zero-order valence-corrected chi connectivity index (χ0v) is 11.4. The molecular weight excluding hydrogens is 224 g/mol. The third-order valence-electron chi connectivity index (χ3n) is 3.58. The van der Waals surface area contributed by atoms with Crippen molar-refractivity contribution >= 4 is 5.91 Å². The summed E-state index contributed by atoms with van der Waals surface area (Å²) in [7, 11) is 0. The van der Waals surface area contributed by atoms with Crippen LogP contribution in [0.1, 0.15) is 50.7 Å². The molecule has 1 atom stereocenters. The van der Waals surface area contributed by atoms with Crippen LogP contribution in [0.3, 0.4) is 0 Å². The molecule has 0 aliphatic heterocycles. The Hall–Kier alpha value is -1.35. The first-order valence-electron chi connectivity index (χ1n) is 6.63. The first-order valence-corrected chi connectivity index (χ1v) is 6.63. The van der Waals surface area contributed by atoms with Crippen LogP contribution in [0, 0.1) is 0 Å². The summed E-state index contributed by atoms with van der Waals surface area (Å²) < 4.78 is 0. The summed E-state index contributed by atoms with van der Waals surface area (Å²) in [5, 5.41) is 2.96. The van der Waals surface area contributed by atoms with E-state index in [4.69, 9.17) is 5.73 Å². The van der Waals surface area contributed by atoms with E-state index in [1.165, 1.54) is 0 Å². The molecule has 18 heavy (non-hydrogen) atoms. The number of amides is 1. The number of hydrogen-bond acceptors (Lipinski definition) is 2. The van der Waals surface area contributed by atoms with Crippen LogP contribution in [0.5, 0.6) is 0 Å². The third-order valence-corrected chi connectivity index (χ3v) is 3.58. The van der Waals surface area contributed by atoms with Gasteiger partial charge in [-0.25, -0.2) is 0 Å². The van der Waals surface area contributed by atoms with Crippen LogP contribution in [0.25, 0.3) is 0 Å². The highest BCUT2D eigenvalue weighted by Crippen LogP contribution is 2.45. The van der Waals surface area contributed by atoms with Crippen LogP contribution in [-0.2, 0) is 10.3 Å². The molecule has 1 aliphatic carbocycles. The molecule has 1 amide bonds. The fourth-order valence-corrected chi connectivity index (χ4v) is 2.28. The van der Waals surface area contributed by atoms with Gasteiger partial charge in [0.2, 0.25) is 5.91 Å². The van der Waals surface area contributed by atoms with Crippen molar-refractivity contribution in [2.45, 2.75) is 51.1 Å². The van der Waals surface area contributed by atoms with E-state index in [0.29, 0.717) is 0 Å². The molecule has 3 nitrogen and oxygen atoms in total. The Kier molecular flexibility index (Phi) is 3.44. The molecule has 2 rings (SSSR count). The molecule has 0 radical (unpaired) electrons. The van der Waals surface area contributed by atoms with E-state index in [1.807, 2.05) is 39.0 Å². The van der Waals surface area contributed by atoms with E-state index in [9.17, 15) is 4.79 Å². The Labute approximate surface area is 109 Å². The average Bonchev–Trinajstić information content (AvgIpc) is 3.07. The third kappa shape index (κ3) is 2.56. The predicted molar refractivity (Wildman–Crippen MR) is 73.2 cm³/mol. The van der Waals surface area contributed by atoms with Crippen molar-refractivity contribution in [1.29, 1.82) is 0 Å². The zero-order valence-electron chi connectivity index (χ0n) is 11.4. The fourth-order valence-electron chi connectivity index (χ4n) is 2.28. The minimum atomic E-state index is -0.192. The fraction of sp³-hybridized carbons (Fsp3) is 0.533. The number of carbonyl (C=O) groups excluding carboxylic acids is 1. The molecule has 1 aliphatic rings. The van der Waals surface area contributed by atoms with Crippen LogP contribution >= 0.6 is 0 Å². The first kappa shape index (κ1) is 13.1. The molecule has 98 valence electrons. The average molecular weight is 246 g/mol. The first-order chi connectivity index (χ1) is 8.44. The van der Waals surface area contributed by atoms with Gasteiger partial charge in [0, 0.05) is 11.6 Å². The standard InChI is InChI=1S/C15H22N2O/c1-10(2)17-14(18)11(3)12-6-4-5-7-13(12)15(16)8-9-15/h4-7,10-11H,8-9,16H2,1-3H3,(H,17,18). The maximum Gasteiger partial charge on any atom is 0.227 e. The maximum atomic E-state index is 12.1. The largest absolute Gasteiger partial charge is 0.353 e. The van der Waals surface area contributed by atoms with E-state index in [1.54, 1.807) is 0 Å². The molecule has 0 aromatic heterocycles. The lowest BCUT2D eigenvalue weighted by molar-refractivity contribution is -0.122. The van der Waals surface area contributed by atoms with Gasteiger partial charge < -0.3 is 11.1 Å². The predicted octanol–water partition coefficient (Wildman–Crippen LogP) is 2.26. The molecule has 1 fully saturated rings. The SMILES string of the molecule is CC(C)NC(=O)C(C)c1ccccc1C1(N)CC1. The smallest absolute Gasteiger partial charge is 0.227 e. The van der Waals surface area contributed by atoms with Crippen LogP contribution < -0.4 is 11.1 Å². The van der Waals surface area contributed by atoms with Crippen molar-refractivity contribution in [3.63, 3.8) is 0 Å². The summed E-state index contributed by atoms with van der Waals surface area (Å²) in [6.07, 6.45) is 2.03. The van der Waals surface area contributed by atoms with Gasteiger partial charge in [0.05, 0.1) is 5.92 Å². The van der Waals surface area contributed by atoms with E-state index in [2.05, 4.69) is 11.4 Å². The maximum absolute atomic E-state index is 12.1. The highest BCUT2D eigenvalue weighted by molar-refractivity contribution is 5.84. The second-order valence-corrected chi connectivity index (χ2v) is 5.63. The van der Waals surface area contributed by atoms with Gasteiger partial charge in [-0.05, 0) is 44.7 Å². The van der Waals surface area contributed by atoms with Crippen LogP contribution in [0.15, 0.2) is 24.3 Å². The quantitative estimate of drug-likeness (QED) is 0.856. The molecule has 3 heteroatoms. The summed E-state index contributed by atoms with van der Waals surface area (Å²) in [4.78, 5) is 12.1. The van der Waals surface area contributed by atoms with Crippen molar-refractivity contribution in [2.75, 3.05) is 0 Å². The molecule has 1 unspecified atom stereocenters. The van der Waals surface area contributed by atoms with Gasteiger partial charge in [0.15, 0.2) is 0 Å². The highest BCUT2D eigenvalue weighted by atomic mass is 16.1. The number of rotatable bonds is 4. The number of benzene rings is 1. The Morgan fingerprint density at radius 1 is 1.28 bits per heavy atom. The summed E-state index contributed by atoms with van der Waals surface area (Å²) in [5.41, 5.74) is 8.29. The minimum Gasteiger partial charge on any atom is -0.353 e. The van der Waals surface area contributed by atoms with Crippen LogP contribution in [0.4, 0.5) is 0 Å². The van der Waals surface area contributed by atoms with Gasteiger partial charge in [-0.2, -0.15) is 0 Å². The summed E-state index contributed by atoms with van der Waals surface area (Å²) in [5.74, 6) is -0.0775. The number of carbonyl (C=O) groups is 1. The van der Waals surface area contributed by atoms with Gasteiger partial charge in [-0.3, -0.25) is 4.79 Å². The summed E-state index contributed by atoms with van der Waals surface area (Å²) in [6.45, 7) is 5.89. The molecule has 0 spiro atoms. The van der Waals surface area contributed by atoms with Crippen molar-refractivity contribution < 1.29 is 4.79 Å².